The molecular formula is C9H8O. The Morgan fingerprint density at radius 2 is 2.20 bits per heavy atom. The topological polar surface area (TPSA) is 9.23 Å². The number of benzene rings is 1. The van der Waals surface area contributed by atoms with Crippen LogP contribution in [0.5, 0.6) is 5.75 Å². The summed E-state index contributed by atoms with van der Waals surface area (Å²) >= 11 is 0. The number of ether oxygens (including phenoxy) is 1. The molecule has 1 heteroatoms. The highest BCUT2D eigenvalue weighted by molar-refractivity contribution is 5.43. The molecule has 2 radical (unpaired) electrons. The molecule has 2 rings (SSSR count). The predicted molar refractivity (Wildman–Crippen MR) is 38.9 cm³/mol. The smallest absolute Gasteiger partial charge is 0.123 e. The van der Waals surface area contributed by atoms with Crippen molar-refractivity contribution in [1.82, 2.24) is 0 Å². The third kappa shape index (κ3) is 0.783. The summed E-state index contributed by atoms with van der Waals surface area (Å²) in [6.45, 7) is 1.99. The third-order valence-electron chi connectivity index (χ3n) is 1.55. The van der Waals surface area contributed by atoms with Crippen molar-refractivity contribution < 1.29 is 4.74 Å². The first-order valence-corrected chi connectivity index (χ1v) is 3.38. The standard InChI is InChI=1S/C9H8O/c1-7-6-8-4-2-3-5-9(8)10-7/h2-5,7H,1H3. The number of rotatable bonds is 0. The van der Waals surface area contributed by atoms with Crippen molar-refractivity contribution in [1.29, 1.82) is 0 Å². The molecule has 0 spiro atoms. The van der Waals surface area contributed by atoms with E-state index in [0.29, 0.717) is 0 Å². The van der Waals surface area contributed by atoms with Gasteiger partial charge in [-0.1, -0.05) is 18.2 Å². The van der Waals surface area contributed by atoms with Gasteiger partial charge in [0, 0.05) is 5.56 Å². The van der Waals surface area contributed by atoms with Crippen LogP contribution in [0.2, 0.25) is 0 Å². The highest BCUT2D eigenvalue weighted by Gasteiger charge is 2.18. The molecule has 1 aromatic rings. The van der Waals surface area contributed by atoms with Crippen molar-refractivity contribution >= 4 is 0 Å². The fraction of sp³-hybridized carbons (Fsp3) is 0.222. The molecule has 1 nitrogen and oxygen atoms in total. The summed E-state index contributed by atoms with van der Waals surface area (Å²) in [5.74, 6) is 0.954. The van der Waals surface area contributed by atoms with Gasteiger partial charge in [0.25, 0.3) is 0 Å². The van der Waals surface area contributed by atoms with E-state index < -0.39 is 0 Å². The zero-order chi connectivity index (χ0) is 6.97. The molecule has 0 amide bonds. The van der Waals surface area contributed by atoms with E-state index in [1.165, 1.54) is 0 Å². The second-order valence-electron chi connectivity index (χ2n) is 2.40. The summed E-state index contributed by atoms with van der Waals surface area (Å²) in [6, 6.07) is 7.94. The lowest BCUT2D eigenvalue weighted by molar-refractivity contribution is 0.281. The average molecular weight is 132 g/mol. The van der Waals surface area contributed by atoms with E-state index in [2.05, 4.69) is 6.42 Å². The molecule has 50 valence electrons. The molecule has 0 saturated heterocycles. The third-order valence-corrected chi connectivity index (χ3v) is 1.55. The minimum Gasteiger partial charge on any atom is -0.489 e. The van der Waals surface area contributed by atoms with Crippen LogP contribution >= 0.6 is 0 Å². The van der Waals surface area contributed by atoms with Crippen molar-refractivity contribution in [3.8, 4) is 5.75 Å². The Balaban J connectivity index is 2.42. The summed E-state index contributed by atoms with van der Waals surface area (Å²) < 4.78 is 5.40. The molecular weight excluding hydrogens is 124 g/mol. The van der Waals surface area contributed by atoms with E-state index in [4.69, 9.17) is 4.74 Å². The molecule has 0 fully saturated rings. The summed E-state index contributed by atoms with van der Waals surface area (Å²) in [4.78, 5) is 0. The minimum atomic E-state index is 0.123. The number of para-hydroxylation sites is 1. The van der Waals surface area contributed by atoms with Crippen molar-refractivity contribution in [2.24, 2.45) is 0 Å². The molecule has 0 bridgehead atoms. The van der Waals surface area contributed by atoms with Crippen molar-refractivity contribution in [2.45, 2.75) is 13.0 Å². The molecule has 10 heavy (non-hydrogen) atoms. The largest absolute Gasteiger partial charge is 0.489 e. The molecule has 1 aromatic carbocycles. The number of fused-ring (bicyclic) bond motifs is 1. The number of hydrogen-bond acceptors (Lipinski definition) is 1. The zero-order valence-corrected chi connectivity index (χ0v) is 5.79. The Bertz CT molecular complexity index is 217. The molecule has 1 aliphatic heterocycles. The second-order valence-corrected chi connectivity index (χ2v) is 2.40. The lowest BCUT2D eigenvalue weighted by Crippen LogP contribution is -2.03. The van der Waals surface area contributed by atoms with Gasteiger partial charge in [-0.3, -0.25) is 0 Å². The fourth-order valence-corrected chi connectivity index (χ4v) is 1.13. The fourth-order valence-electron chi connectivity index (χ4n) is 1.13. The molecule has 0 saturated carbocycles. The van der Waals surface area contributed by atoms with E-state index in [-0.39, 0.29) is 6.10 Å². The first-order chi connectivity index (χ1) is 4.86. The van der Waals surface area contributed by atoms with Gasteiger partial charge in [0.2, 0.25) is 0 Å². The van der Waals surface area contributed by atoms with Gasteiger partial charge >= 0.3 is 0 Å². The van der Waals surface area contributed by atoms with Crippen LogP contribution in [0.4, 0.5) is 0 Å². The molecule has 0 aliphatic carbocycles. The molecule has 1 heterocycles. The summed E-state index contributed by atoms with van der Waals surface area (Å²) in [7, 11) is 0. The van der Waals surface area contributed by atoms with Crippen LogP contribution < -0.4 is 4.74 Å². The van der Waals surface area contributed by atoms with Crippen LogP contribution in [0.25, 0.3) is 0 Å². The number of hydrogen-bond donors (Lipinski definition) is 0. The van der Waals surface area contributed by atoms with Crippen LogP contribution in [0, 0.1) is 6.42 Å². The second kappa shape index (κ2) is 2.01. The highest BCUT2D eigenvalue weighted by atomic mass is 16.5. The maximum absolute atomic E-state index is 5.40. The van der Waals surface area contributed by atoms with Crippen LogP contribution in [0.1, 0.15) is 12.5 Å². The quantitative estimate of drug-likeness (QED) is 0.523. The van der Waals surface area contributed by atoms with Gasteiger partial charge in [-0.05, 0) is 13.0 Å². The van der Waals surface area contributed by atoms with Gasteiger partial charge in [-0.25, -0.2) is 0 Å². The Morgan fingerprint density at radius 1 is 1.40 bits per heavy atom. The first-order valence-electron chi connectivity index (χ1n) is 3.38. The van der Waals surface area contributed by atoms with Crippen molar-refractivity contribution in [3.63, 3.8) is 0 Å². The van der Waals surface area contributed by atoms with Gasteiger partial charge in [-0.15, -0.1) is 0 Å². The maximum atomic E-state index is 5.40. The van der Waals surface area contributed by atoms with E-state index >= 15 is 0 Å². The maximum Gasteiger partial charge on any atom is 0.123 e. The summed E-state index contributed by atoms with van der Waals surface area (Å²) in [6.07, 6.45) is 3.30. The first kappa shape index (κ1) is 5.78. The van der Waals surface area contributed by atoms with E-state index in [0.717, 1.165) is 11.3 Å². The van der Waals surface area contributed by atoms with Crippen molar-refractivity contribution in [2.75, 3.05) is 0 Å². The molecule has 1 atom stereocenters. The zero-order valence-electron chi connectivity index (χ0n) is 5.79. The van der Waals surface area contributed by atoms with E-state index in [9.17, 15) is 0 Å². The molecule has 0 aromatic heterocycles. The van der Waals surface area contributed by atoms with Crippen LogP contribution in [-0.4, -0.2) is 6.10 Å². The normalized spacial score (nSPS) is 21.9. The lowest BCUT2D eigenvalue weighted by Gasteiger charge is -2.00. The summed E-state index contributed by atoms with van der Waals surface area (Å²) in [5.41, 5.74) is 1.09. The summed E-state index contributed by atoms with van der Waals surface area (Å²) in [5, 5.41) is 0. The Hall–Kier alpha value is -0.980. The van der Waals surface area contributed by atoms with Gasteiger partial charge in [0.15, 0.2) is 0 Å². The van der Waals surface area contributed by atoms with Gasteiger partial charge in [0.05, 0.1) is 6.42 Å². The highest BCUT2D eigenvalue weighted by Crippen LogP contribution is 2.28. The van der Waals surface area contributed by atoms with Gasteiger partial charge in [0.1, 0.15) is 11.9 Å². The van der Waals surface area contributed by atoms with Crippen LogP contribution in [-0.2, 0) is 0 Å². The monoisotopic (exact) mass is 132 g/mol. The van der Waals surface area contributed by atoms with Gasteiger partial charge < -0.3 is 4.74 Å². The Morgan fingerprint density at radius 3 is 3.00 bits per heavy atom. The van der Waals surface area contributed by atoms with E-state index in [1.54, 1.807) is 0 Å². The SMILES string of the molecule is CC1[C]c2ccccc2O1. The Labute approximate surface area is 60.6 Å². The molecule has 1 aliphatic rings. The molecule has 0 N–H and O–H groups in total. The van der Waals surface area contributed by atoms with Gasteiger partial charge in [-0.2, -0.15) is 0 Å². The average Bonchev–Trinajstić information content (AvgIpc) is 2.27. The van der Waals surface area contributed by atoms with Crippen LogP contribution in [0.15, 0.2) is 24.3 Å². The lowest BCUT2D eigenvalue weighted by atomic mass is 10.1. The van der Waals surface area contributed by atoms with Crippen molar-refractivity contribution in [3.05, 3.63) is 36.2 Å². The predicted octanol–water partition coefficient (Wildman–Crippen LogP) is 1.90. The molecule has 1 unspecified atom stereocenters. The van der Waals surface area contributed by atoms with E-state index in [1.807, 2.05) is 31.2 Å². The Kier molecular flexibility index (Phi) is 1.16. The van der Waals surface area contributed by atoms with Crippen LogP contribution in [0.3, 0.4) is 0 Å². The minimum absolute atomic E-state index is 0.123.